The van der Waals surface area contributed by atoms with Crippen molar-refractivity contribution in [3.63, 3.8) is 0 Å². The van der Waals surface area contributed by atoms with Crippen LogP contribution in [0.15, 0.2) is 47.5 Å². The maximum Gasteiger partial charge on any atom is 0.335 e. The lowest BCUT2D eigenvalue weighted by atomic mass is 9.65. The fraction of sp³-hybridized carbons (Fsp3) is 0.333. The molecule has 0 atom stereocenters. The largest absolute Gasteiger partial charge is 0.478 e. The predicted molar refractivity (Wildman–Crippen MR) is 164 cm³/mol. The molecule has 0 fully saturated rings. The van der Waals surface area contributed by atoms with Crippen LogP contribution >= 0.6 is 0 Å². The summed E-state index contributed by atoms with van der Waals surface area (Å²) in [5.74, 6) is -1.83. The summed E-state index contributed by atoms with van der Waals surface area (Å²) >= 11 is 0. The Labute approximate surface area is 238 Å². The minimum Gasteiger partial charge on any atom is -0.478 e. The molecule has 0 bridgehead atoms. The van der Waals surface area contributed by atoms with Gasteiger partial charge >= 0.3 is 11.9 Å². The number of aryl methyl sites for hydroxylation is 5. The number of carboxylic acid groups (broad SMARTS) is 2. The van der Waals surface area contributed by atoms with Gasteiger partial charge in [0, 0.05) is 0 Å². The molecule has 0 unspecified atom stereocenters. The van der Waals surface area contributed by atoms with E-state index in [1.54, 1.807) is 24.3 Å². The number of hydrogen-bond donors (Lipinski definition) is 2. The first-order valence-electron chi connectivity index (χ1n) is 13.8. The number of benzene rings is 3. The fourth-order valence-electron chi connectivity index (χ4n) is 7.22. The van der Waals surface area contributed by atoms with Crippen LogP contribution in [-0.4, -0.2) is 22.2 Å². The minimum absolute atomic E-state index is 0.126. The number of allylic oxidation sites excluding steroid dienone is 4. The number of aromatic carboxylic acids is 2. The normalized spacial score (nSPS) is 15.1. The fourth-order valence-corrected chi connectivity index (χ4v) is 7.22. The molecule has 3 aromatic carbocycles. The highest BCUT2D eigenvalue weighted by Gasteiger charge is 2.35. The van der Waals surface area contributed by atoms with Gasteiger partial charge in [-0.15, -0.1) is 0 Å². The molecular weight excluding hydrogens is 496 g/mol. The quantitative estimate of drug-likeness (QED) is 0.341. The van der Waals surface area contributed by atoms with Crippen LogP contribution in [0, 0.1) is 47.0 Å². The number of carboxylic acids is 2. The SMILES string of the molecule is CC1=C(c2ccc(C)c(-c3c(C)cc(C(=O)O)cc3C)c2C)C(C)=C(c2c(C)cc(C(=O)O)cc2C)C(C)(C)C1. The number of carbonyl (C=O) groups is 2. The summed E-state index contributed by atoms with van der Waals surface area (Å²) in [6.07, 6.45) is 0.891. The van der Waals surface area contributed by atoms with Crippen LogP contribution in [-0.2, 0) is 0 Å². The van der Waals surface area contributed by atoms with Crippen molar-refractivity contribution in [3.8, 4) is 11.1 Å². The molecule has 1 aliphatic rings. The van der Waals surface area contributed by atoms with E-state index in [2.05, 4.69) is 53.7 Å². The first-order valence-corrected chi connectivity index (χ1v) is 13.8. The zero-order valence-electron chi connectivity index (χ0n) is 25.4. The van der Waals surface area contributed by atoms with Crippen molar-refractivity contribution in [2.75, 3.05) is 0 Å². The summed E-state index contributed by atoms with van der Waals surface area (Å²) in [5, 5.41) is 19.2. The van der Waals surface area contributed by atoms with E-state index in [1.807, 2.05) is 27.7 Å². The molecule has 40 heavy (non-hydrogen) atoms. The van der Waals surface area contributed by atoms with Crippen LogP contribution in [0.5, 0.6) is 0 Å². The highest BCUT2D eigenvalue weighted by molar-refractivity contribution is 5.98. The molecule has 0 saturated heterocycles. The predicted octanol–water partition coefficient (Wildman–Crippen LogP) is 9.28. The first-order chi connectivity index (χ1) is 18.6. The van der Waals surface area contributed by atoms with Crippen molar-refractivity contribution in [1.82, 2.24) is 0 Å². The lowest BCUT2D eigenvalue weighted by molar-refractivity contribution is 0.0686. The average molecular weight is 537 g/mol. The molecule has 0 heterocycles. The smallest absolute Gasteiger partial charge is 0.335 e. The Hall–Kier alpha value is -3.92. The third kappa shape index (κ3) is 4.81. The minimum atomic E-state index is -0.916. The molecule has 4 rings (SSSR count). The van der Waals surface area contributed by atoms with Crippen molar-refractivity contribution >= 4 is 23.1 Å². The van der Waals surface area contributed by atoms with E-state index in [9.17, 15) is 19.8 Å². The van der Waals surface area contributed by atoms with Crippen molar-refractivity contribution in [1.29, 1.82) is 0 Å². The second-order valence-corrected chi connectivity index (χ2v) is 12.2. The molecule has 1 aliphatic carbocycles. The Kier molecular flexibility index (Phi) is 7.44. The monoisotopic (exact) mass is 536 g/mol. The third-order valence-electron chi connectivity index (χ3n) is 8.56. The van der Waals surface area contributed by atoms with Gasteiger partial charge in [0.25, 0.3) is 0 Å². The Morgan fingerprint density at radius 3 is 1.55 bits per heavy atom. The Morgan fingerprint density at radius 1 is 0.650 bits per heavy atom. The second kappa shape index (κ2) is 10.2. The van der Waals surface area contributed by atoms with Gasteiger partial charge in [-0.25, -0.2) is 9.59 Å². The van der Waals surface area contributed by atoms with Crippen LogP contribution < -0.4 is 0 Å². The summed E-state index contributed by atoms with van der Waals surface area (Å²) in [5.41, 5.74) is 16.3. The molecule has 0 amide bonds. The molecule has 0 saturated carbocycles. The maximum atomic E-state index is 11.7. The molecule has 0 radical (unpaired) electrons. The van der Waals surface area contributed by atoms with E-state index >= 15 is 0 Å². The summed E-state index contributed by atoms with van der Waals surface area (Å²) < 4.78 is 0. The van der Waals surface area contributed by atoms with Gasteiger partial charge in [0.05, 0.1) is 11.1 Å². The van der Waals surface area contributed by atoms with Gasteiger partial charge in [-0.05, 0) is 164 Å². The van der Waals surface area contributed by atoms with Gasteiger partial charge in [-0.1, -0.05) is 31.6 Å². The molecule has 4 nitrogen and oxygen atoms in total. The Balaban J connectivity index is 2.01. The highest BCUT2D eigenvalue weighted by atomic mass is 16.4. The summed E-state index contributed by atoms with van der Waals surface area (Å²) in [7, 11) is 0. The number of rotatable bonds is 5. The van der Waals surface area contributed by atoms with Crippen molar-refractivity contribution in [2.45, 2.75) is 75.7 Å². The summed E-state index contributed by atoms with van der Waals surface area (Å²) in [6.45, 7) is 21.3. The topological polar surface area (TPSA) is 74.6 Å². The van der Waals surface area contributed by atoms with Crippen LogP contribution in [0.2, 0.25) is 0 Å². The van der Waals surface area contributed by atoms with Gasteiger partial charge in [-0.2, -0.15) is 0 Å². The van der Waals surface area contributed by atoms with Gasteiger partial charge < -0.3 is 10.2 Å². The lowest BCUT2D eigenvalue weighted by Crippen LogP contribution is -2.22. The molecule has 0 spiro atoms. The molecular formula is C36H40O4. The van der Waals surface area contributed by atoms with Gasteiger partial charge in [-0.3, -0.25) is 0 Å². The van der Waals surface area contributed by atoms with Gasteiger partial charge in [0.2, 0.25) is 0 Å². The Morgan fingerprint density at radius 2 is 1.10 bits per heavy atom. The summed E-state index contributed by atoms with van der Waals surface area (Å²) in [6, 6.07) is 11.5. The van der Waals surface area contributed by atoms with E-state index in [-0.39, 0.29) is 5.41 Å². The van der Waals surface area contributed by atoms with Crippen molar-refractivity contribution in [2.24, 2.45) is 5.41 Å². The second-order valence-electron chi connectivity index (χ2n) is 12.2. The van der Waals surface area contributed by atoms with Gasteiger partial charge in [0.15, 0.2) is 0 Å². The van der Waals surface area contributed by atoms with Crippen LogP contribution in [0.1, 0.15) is 99.3 Å². The van der Waals surface area contributed by atoms with E-state index in [1.165, 1.54) is 33.4 Å². The van der Waals surface area contributed by atoms with Crippen molar-refractivity contribution < 1.29 is 19.8 Å². The molecule has 3 aromatic rings. The third-order valence-corrected chi connectivity index (χ3v) is 8.56. The molecule has 2 N–H and O–H groups in total. The highest BCUT2D eigenvalue weighted by Crippen LogP contribution is 2.52. The van der Waals surface area contributed by atoms with E-state index in [0.29, 0.717) is 11.1 Å². The van der Waals surface area contributed by atoms with Crippen LogP contribution in [0.4, 0.5) is 0 Å². The Bertz CT molecular complexity index is 1610. The maximum absolute atomic E-state index is 11.7. The zero-order chi connectivity index (χ0) is 29.8. The van der Waals surface area contributed by atoms with E-state index in [0.717, 1.165) is 50.9 Å². The average Bonchev–Trinajstić information content (AvgIpc) is 2.82. The first kappa shape index (κ1) is 29.1. The van der Waals surface area contributed by atoms with Crippen LogP contribution in [0.25, 0.3) is 22.3 Å². The zero-order valence-corrected chi connectivity index (χ0v) is 25.4. The summed E-state index contributed by atoms with van der Waals surface area (Å²) in [4.78, 5) is 23.4. The van der Waals surface area contributed by atoms with Gasteiger partial charge in [0.1, 0.15) is 0 Å². The van der Waals surface area contributed by atoms with E-state index < -0.39 is 11.9 Å². The number of hydrogen-bond acceptors (Lipinski definition) is 2. The molecule has 0 aliphatic heterocycles. The standard InChI is InChI=1S/C36H40O4/c1-18-11-12-28(24(7)32(18)29-19(2)13-26(34(37)38)14-20(29)3)31-23(6)17-36(9,10)33(25(31)8)30-21(4)15-27(35(39)40)16-22(30)5/h11-16H,17H2,1-10H3,(H,37,38)(H,39,40). The molecule has 0 aromatic heterocycles. The lowest BCUT2D eigenvalue weighted by Gasteiger charge is -2.39. The van der Waals surface area contributed by atoms with Crippen LogP contribution in [0.3, 0.4) is 0 Å². The molecule has 208 valence electrons. The van der Waals surface area contributed by atoms with Crippen molar-refractivity contribution in [3.05, 3.63) is 103 Å². The van der Waals surface area contributed by atoms with E-state index in [4.69, 9.17) is 0 Å². The molecule has 4 heteroatoms.